The first-order valence-corrected chi connectivity index (χ1v) is 9.11. The van der Waals surface area contributed by atoms with E-state index in [-0.39, 0.29) is 5.91 Å². The highest BCUT2D eigenvalue weighted by atomic mass is 16.1. The maximum atomic E-state index is 12.1. The van der Waals surface area contributed by atoms with Crippen molar-refractivity contribution in [2.24, 2.45) is 5.92 Å². The Morgan fingerprint density at radius 2 is 2.08 bits per heavy atom. The van der Waals surface area contributed by atoms with Crippen molar-refractivity contribution in [3.8, 4) is 0 Å². The molecule has 1 aliphatic rings. The second-order valence-corrected chi connectivity index (χ2v) is 6.92. The first-order valence-electron chi connectivity index (χ1n) is 9.11. The standard InChI is InChI=1S/C19H28N4O/c1-15-7-8-17-18(11-15)23(14-22-17)13-19(24)21-10-9-20-12-16-5-3-2-4-6-16/h7-8,11,14,16,20H,2-6,9-10,12-13H2,1H3,(H,21,24). The molecule has 2 aromatic rings. The summed E-state index contributed by atoms with van der Waals surface area (Å²) in [5.41, 5.74) is 3.12. The predicted octanol–water partition coefficient (Wildman–Crippen LogP) is 2.63. The zero-order valence-electron chi connectivity index (χ0n) is 14.6. The quantitative estimate of drug-likeness (QED) is 0.768. The number of rotatable bonds is 7. The summed E-state index contributed by atoms with van der Waals surface area (Å²) < 4.78 is 1.91. The van der Waals surface area contributed by atoms with Crippen LogP contribution in [0.4, 0.5) is 0 Å². The Morgan fingerprint density at radius 3 is 2.92 bits per heavy atom. The van der Waals surface area contributed by atoms with E-state index >= 15 is 0 Å². The summed E-state index contributed by atoms with van der Waals surface area (Å²) in [5.74, 6) is 0.866. The number of nitrogens with one attached hydrogen (secondary N) is 2. The summed E-state index contributed by atoms with van der Waals surface area (Å²) >= 11 is 0. The van der Waals surface area contributed by atoms with E-state index in [1.54, 1.807) is 6.33 Å². The number of hydrogen-bond acceptors (Lipinski definition) is 3. The average molecular weight is 328 g/mol. The fraction of sp³-hybridized carbons (Fsp3) is 0.579. The van der Waals surface area contributed by atoms with Gasteiger partial charge in [-0.25, -0.2) is 4.98 Å². The van der Waals surface area contributed by atoms with E-state index in [0.717, 1.165) is 30.0 Å². The molecule has 5 heteroatoms. The van der Waals surface area contributed by atoms with Crippen molar-refractivity contribution < 1.29 is 4.79 Å². The Hall–Kier alpha value is -1.88. The zero-order chi connectivity index (χ0) is 16.8. The summed E-state index contributed by atoms with van der Waals surface area (Å²) in [4.78, 5) is 16.5. The number of nitrogens with zero attached hydrogens (tertiary/aromatic N) is 2. The first-order chi connectivity index (χ1) is 11.7. The van der Waals surface area contributed by atoms with Crippen molar-refractivity contribution in [2.45, 2.75) is 45.6 Å². The lowest BCUT2D eigenvalue weighted by Crippen LogP contribution is -2.35. The van der Waals surface area contributed by atoms with Crippen molar-refractivity contribution in [1.82, 2.24) is 20.2 Å². The van der Waals surface area contributed by atoms with Crippen molar-refractivity contribution >= 4 is 16.9 Å². The van der Waals surface area contributed by atoms with E-state index in [1.807, 2.05) is 16.7 Å². The van der Waals surface area contributed by atoms with E-state index in [4.69, 9.17) is 0 Å². The molecule has 2 N–H and O–H groups in total. The van der Waals surface area contributed by atoms with Gasteiger partial charge in [-0.15, -0.1) is 0 Å². The number of amides is 1. The molecular formula is C19H28N4O. The summed E-state index contributed by atoms with van der Waals surface area (Å²) in [6.45, 7) is 4.97. The largest absolute Gasteiger partial charge is 0.353 e. The number of hydrogen-bond donors (Lipinski definition) is 2. The average Bonchev–Trinajstić information content (AvgIpc) is 2.97. The van der Waals surface area contributed by atoms with E-state index in [2.05, 4.69) is 28.6 Å². The van der Waals surface area contributed by atoms with Gasteiger partial charge in [-0.3, -0.25) is 4.79 Å². The number of fused-ring (bicyclic) bond motifs is 1. The number of aromatic nitrogens is 2. The molecule has 1 fully saturated rings. The van der Waals surface area contributed by atoms with Crippen molar-refractivity contribution in [3.63, 3.8) is 0 Å². The van der Waals surface area contributed by atoms with Crippen molar-refractivity contribution in [2.75, 3.05) is 19.6 Å². The Morgan fingerprint density at radius 1 is 1.25 bits per heavy atom. The molecule has 0 unspecified atom stereocenters. The third-order valence-electron chi connectivity index (χ3n) is 4.87. The third-order valence-corrected chi connectivity index (χ3v) is 4.87. The smallest absolute Gasteiger partial charge is 0.240 e. The fourth-order valence-corrected chi connectivity index (χ4v) is 3.49. The minimum Gasteiger partial charge on any atom is -0.353 e. The van der Waals surface area contributed by atoms with Crippen LogP contribution in [0.2, 0.25) is 0 Å². The Bertz CT molecular complexity index is 673. The number of carbonyl (C=O) groups excluding carboxylic acids is 1. The lowest BCUT2D eigenvalue weighted by Gasteiger charge is -2.21. The van der Waals surface area contributed by atoms with Gasteiger partial charge in [0.1, 0.15) is 6.54 Å². The van der Waals surface area contributed by atoms with Crippen LogP contribution < -0.4 is 10.6 Å². The van der Waals surface area contributed by atoms with Crippen LogP contribution in [0.15, 0.2) is 24.5 Å². The third kappa shape index (κ3) is 4.57. The molecular weight excluding hydrogens is 300 g/mol. The van der Waals surface area contributed by atoms with Crippen LogP contribution in [0.25, 0.3) is 11.0 Å². The topological polar surface area (TPSA) is 59.0 Å². The van der Waals surface area contributed by atoms with Gasteiger partial charge in [0.25, 0.3) is 0 Å². The molecule has 0 spiro atoms. The Balaban J connectivity index is 1.38. The molecule has 0 bridgehead atoms. The minimum atomic E-state index is 0.0373. The maximum Gasteiger partial charge on any atom is 0.240 e. The van der Waals surface area contributed by atoms with E-state index in [0.29, 0.717) is 13.1 Å². The lowest BCUT2D eigenvalue weighted by atomic mass is 9.89. The molecule has 0 aliphatic heterocycles. The highest BCUT2D eigenvalue weighted by Gasteiger charge is 2.12. The number of carbonyl (C=O) groups is 1. The minimum absolute atomic E-state index is 0.0373. The van der Waals surface area contributed by atoms with Crippen LogP contribution in [0, 0.1) is 12.8 Å². The molecule has 130 valence electrons. The zero-order valence-corrected chi connectivity index (χ0v) is 14.6. The molecule has 5 nitrogen and oxygen atoms in total. The van der Waals surface area contributed by atoms with Crippen LogP contribution in [0.1, 0.15) is 37.7 Å². The number of imidazole rings is 1. The SMILES string of the molecule is Cc1ccc2ncn(CC(=O)NCCNCC3CCCCC3)c2c1. The highest BCUT2D eigenvalue weighted by molar-refractivity contribution is 5.80. The van der Waals surface area contributed by atoms with Crippen molar-refractivity contribution in [1.29, 1.82) is 0 Å². The number of benzene rings is 1. The van der Waals surface area contributed by atoms with Crippen molar-refractivity contribution in [3.05, 3.63) is 30.1 Å². The Labute approximate surface area is 143 Å². The summed E-state index contributed by atoms with van der Waals surface area (Å²) in [6.07, 6.45) is 8.60. The first kappa shape index (κ1) is 17.0. The normalized spacial score (nSPS) is 15.7. The van der Waals surface area contributed by atoms with E-state index in [1.165, 1.54) is 37.7 Å². The molecule has 0 saturated heterocycles. The van der Waals surface area contributed by atoms with Gasteiger partial charge in [0.2, 0.25) is 5.91 Å². The van der Waals surface area contributed by atoms with Crippen LogP contribution in [0.5, 0.6) is 0 Å². The number of aryl methyl sites for hydroxylation is 1. The second kappa shape index (κ2) is 8.29. The molecule has 1 saturated carbocycles. The highest BCUT2D eigenvalue weighted by Crippen LogP contribution is 2.22. The molecule has 1 aromatic carbocycles. The van der Waals surface area contributed by atoms with Crippen LogP contribution >= 0.6 is 0 Å². The van der Waals surface area contributed by atoms with Crippen LogP contribution in [-0.4, -0.2) is 35.1 Å². The molecule has 3 rings (SSSR count). The van der Waals surface area contributed by atoms with Gasteiger partial charge in [-0.2, -0.15) is 0 Å². The molecule has 0 atom stereocenters. The molecule has 0 radical (unpaired) electrons. The van der Waals surface area contributed by atoms with Crippen LogP contribution in [0.3, 0.4) is 0 Å². The molecule has 1 aliphatic carbocycles. The summed E-state index contributed by atoms with van der Waals surface area (Å²) in [6, 6.07) is 6.10. The molecule has 24 heavy (non-hydrogen) atoms. The second-order valence-electron chi connectivity index (χ2n) is 6.92. The Kier molecular flexibility index (Phi) is 5.86. The monoisotopic (exact) mass is 328 g/mol. The molecule has 1 aromatic heterocycles. The van der Waals surface area contributed by atoms with Gasteiger partial charge >= 0.3 is 0 Å². The van der Waals surface area contributed by atoms with Gasteiger partial charge in [-0.1, -0.05) is 25.3 Å². The van der Waals surface area contributed by atoms with Gasteiger partial charge in [0, 0.05) is 13.1 Å². The van der Waals surface area contributed by atoms with Gasteiger partial charge in [0.15, 0.2) is 0 Å². The summed E-state index contributed by atoms with van der Waals surface area (Å²) in [5, 5.41) is 6.46. The predicted molar refractivity (Wildman–Crippen MR) is 96.9 cm³/mol. The van der Waals surface area contributed by atoms with Gasteiger partial charge in [0.05, 0.1) is 17.4 Å². The lowest BCUT2D eigenvalue weighted by molar-refractivity contribution is -0.121. The summed E-state index contributed by atoms with van der Waals surface area (Å²) in [7, 11) is 0. The van der Waals surface area contributed by atoms with Crippen LogP contribution in [-0.2, 0) is 11.3 Å². The van der Waals surface area contributed by atoms with E-state index in [9.17, 15) is 4.79 Å². The van der Waals surface area contributed by atoms with Gasteiger partial charge in [-0.05, 0) is 49.9 Å². The molecule has 1 amide bonds. The van der Waals surface area contributed by atoms with E-state index < -0.39 is 0 Å². The molecule has 1 heterocycles. The van der Waals surface area contributed by atoms with Gasteiger partial charge < -0.3 is 15.2 Å². The maximum absolute atomic E-state index is 12.1. The fourth-order valence-electron chi connectivity index (χ4n) is 3.49.